The summed E-state index contributed by atoms with van der Waals surface area (Å²) >= 11 is 0. The predicted molar refractivity (Wildman–Crippen MR) is 215 cm³/mol. The molecule has 324 valence electrons. The fraction of sp³-hybridized carbons (Fsp3) is 0.524. The number of anilines is 3. The molecular weight excluding hydrogens is 801 g/mol. The quantitative estimate of drug-likeness (QED) is 0.252. The van der Waals surface area contributed by atoms with E-state index in [2.05, 4.69) is 30.6 Å². The second-order valence-corrected chi connectivity index (χ2v) is 17.3. The van der Waals surface area contributed by atoms with Crippen LogP contribution in [0.1, 0.15) is 55.5 Å². The van der Waals surface area contributed by atoms with Crippen LogP contribution < -0.4 is 20.4 Å². The molecule has 15 nitrogen and oxygen atoms in total. The smallest absolute Gasteiger partial charge is 0.415 e. The van der Waals surface area contributed by atoms with Gasteiger partial charge in [0.05, 0.1) is 24.5 Å². The minimum absolute atomic E-state index is 0.00238. The summed E-state index contributed by atoms with van der Waals surface area (Å²) in [5.41, 5.74) is 0.0224. The highest BCUT2D eigenvalue weighted by Gasteiger charge is 2.63. The molecular formula is C42H48F4N10O5. The Morgan fingerprint density at radius 2 is 1.70 bits per heavy atom. The molecule has 1 aromatic heterocycles. The van der Waals surface area contributed by atoms with Crippen LogP contribution >= 0.6 is 0 Å². The molecule has 5 atom stereocenters. The van der Waals surface area contributed by atoms with Gasteiger partial charge in [0.25, 0.3) is 5.91 Å². The topological polar surface area (TPSA) is 158 Å². The largest absolute Gasteiger partial charge is 0.504 e. The zero-order valence-corrected chi connectivity index (χ0v) is 33.9. The molecule has 5 amide bonds. The number of fused-ring (bicyclic) bond motifs is 4. The molecule has 0 radical (unpaired) electrons. The highest BCUT2D eigenvalue weighted by atomic mass is 19.4. The number of likely N-dealkylation sites (tertiary alicyclic amines) is 1. The van der Waals surface area contributed by atoms with Crippen molar-refractivity contribution in [2.45, 2.75) is 75.9 Å². The molecule has 7 heterocycles. The van der Waals surface area contributed by atoms with E-state index in [1.165, 1.54) is 28.0 Å². The van der Waals surface area contributed by atoms with E-state index in [1.807, 2.05) is 32.0 Å². The minimum Gasteiger partial charge on any atom is -0.504 e. The number of nitrogens with one attached hydrogen (secondary N) is 2. The number of rotatable bonds is 5. The molecule has 9 rings (SSSR count). The van der Waals surface area contributed by atoms with Gasteiger partial charge in [0.15, 0.2) is 22.9 Å². The Kier molecular flexibility index (Phi) is 10.2. The highest BCUT2D eigenvalue weighted by Crippen LogP contribution is 2.47. The lowest BCUT2D eigenvalue weighted by molar-refractivity contribution is -0.191. The average molecular weight is 849 g/mol. The molecule has 61 heavy (non-hydrogen) atoms. The van der Waals surface area contributed by atoms with Gasteiger partial charge < -0.3 is 34.9 Å². The Morgan fingerprint density at radius 1 is 0.951 bits per heavy atom. The third-order valence-corrected chi connectivity index (χ3v) is 13.5. The maximum absolute atomic E-state index is 15.3. The summed E-state index contributed by atoms with van der Waals surface area (Å²) in [6, 6.07) is 9.58. The van der Waals surface area contributed by atoms with Crippen LogP contribution in [-0.4, -0.2) is 147 Å². The predicted octanol–water partition coefficient (Wildman–Crippen LogP) is 4.03. The average Bonchev–Trinajstić information content (AvgIpc) is 3.55. The van der Waals surface area contributed by atoms with Gasteiger partial charge in [-0.25, -0.2) is 9.18 Å². The van der Waals surface area contributed by atoms with Crippen molar-refractivity contribution in [1.82, 2.24) is 35.1 Å². The number of aromatic nitrogens is 2. The van der Waals surface area contributed by atoms with Crippen molar-refractivity contribution < 1.29 is 41.8 Å². The van der Waals surface area contributed by atoms with Crippen molar-refractivity contribution in [2.24, 2.45) is 5.92 Å². The number of hydrogen-bond donors (Lipinski definition) is 3. The molecule has 4 fully saturated rings. The SMILES string of the molecule is C[C@@H]1CC(CN2CCN(c3ccc4c(c3)C(=O)N([C@H]3CCC(=O)NC3=O)C4)CC2)C[C@H](C)N1C(=O)N1CCN2c3cc(-c4cccc(F)c4O)nnc3NCC2(C(F)(F)F)C1. The number of para-hydroxylation sites is 1. The summed E-state index contributed by atoms with van der Waals surface area (Å²) < 4.78 is 60.1. The van der Waals surface area contributed by atoms with E-state index < -0.39 is 54.4 Å². The summed E-state index contributed by atoms with van der Waals surface area (Å²) in [6.07, 6.45) is -2.82. The van der Waals surface area contributed by atoms with E-state index in [1.54, 1.807) is 9.80 Å². The summed E-state index contributed by atoms with van der Waals surface area (Å²) in [5.74, 6) is -2.12. The number of halogens is 4. The van der Waals surface area contributed by atoms with Crippen LogP contribution in [0.3, 0.4) is 0 Å². The molecule has 3 N–H and O–H groups in total. The van der Waals surface area contributed by atoms with Crippen molar-refractivity contribution in [1.29, 1.82) is 0 Å². The summed E-state index contributed by atoms with van der Waals surface area (Å²) in [7, 11) is 0. The standard InChI is InChI=1S/C42H48F4N10O5/c1-24-16-26(20-51-10-12-52(13-11-51)28-7-6-27-21-54(39(60)30(27)18-28)33-8-9-35(57)48-38(33)59)17-25(2)56(24)40(61)53-14-15-55-34-19-32(29-4-3-5-31(43)36(29)58)49-50-37(34)47-22-41(55,23-53)42(44,45)46/h3-7,18-19,24-26,33,58H,8-17,20-23H2,1-2H3,(H,47,50)(H,48,57,59)/t24-,25+,26?,33-,41?/m0/s1. The first kappa shape index (κ1) is 40.7. The minimum atomic E-state index is -4.76. The Hall–Kier alpha value is -5.72. The number of hydrogen-bond acceptors (Lipinski definition) is 11. The lowest BCUT2D eigenvalue weighted by Gasteiger charge is -2.55. The van der Waals surface area contributed by atoms with Crippen molar-refractivity contribution in [3.8, 4) is 17.0 Å². The van der Waals surface area contributed by atoms with Gasteiger partial charge in [-0.2, -0.15) is 13.2 Å². The van der Waals surface area contributed by atoms with Gasteiger partial charge >= 0.3 is 12.2 Å². The molecule has 0 spiro atoms. The monoisotopic (exact) mass is 848 g/mol. The van der Waals surface area contributed by atoms with E-state index >= 15 is 13.2 Å². The Labute approximate surface area is 349 Å². The second-order valence-electron chi connectivity index (χ2n) is 17.3. The normalized spacial score (nSPS) is 27.0. The molecule has 2 aromatic carbocycles. The summed E-state index contributed by atoms with van der Waals surface area (Å²) in [5, 5.41) is 23.6. The van der Waals surface area contributed by atoms with Gasteiger partial charge in [0.2, 0.25) is 11.8 Å². The Bertz CT molecular complexity index is 2260. The van der Waals surface area contributed by atoms with Gasteiger partial charge in [0.1, 0.15) is 6.04 Å². The van der Waals surface area contributed by atoms with Crippen LogP contribution in [0.15, 0.2) is 42.5 Å². The third-order valence-electron chi connectivity index (χ3n) is 13.5. The van der Waals surface area contributed by atoms with Crippen LogP contribution in [0.4, 0.5) is 39.5 Å². The maximum atomic E-state index is 15.3. The maximum Gasteiger partial charge on any atom is 0.415 e. The van der Waals surface area contributed by atoms with E-state index in [-0.39, 0.29) is 72.1 Å². The third kappa shape index (κ3) is 7.13. The number of urea groups is 1. The lowest BCUT2D eigenvalue weighted by Crippen LogP contribution is -2.75. The van der Waals surface area contributed by atoms with Crippen LogP contribution in [0.2, 0.25) is 0 Å². The number of phenols is 1. The van der Waals surface area contributed by atoms with Gasteiger partial charge in [-0.3, -0.25) is 24.6 Å². The number of piperidine rings is 2. The first-order valence-corrected chi connectivity index (χ1v) is 20.9. The van der Waals surface area contributed by atoms with E-state index in [9.17, 15) is 28.7 Å². The van der Waals surface area contributed by atoms with Gasteiger partial charge in [0, 0.05) is 87.7 Å². The molecule has 6 aliphatic rings. The zero-order valence-electron chi connectivity index (χ0n) is 33.9. The Balaban J connectivity index is 0.813. The first-order chi connectivity index (χ1) is 29.1. The lowest BCUT2D eigenvalue weighted by atomic mass is 9.86. The van der Waals surface area contributed by atoms with Crippen molar-refractivity contribution in [3.05, 3.63) is 59.4 Å². The number of piperazine rings is 2. The molecule has 6 aliphatic heterocycles. The molecule has 0 saturated carbocycles. The van der Waals surface area contributed by atoms with Crippen LogP contribution in [-0.2, 0) is 16.1 Å². The van der Waals surface area contributed by atoms with Crippen molar-refractivity contribution in [2.75, 3.05) is 74.0 Å². The highest BCUT2D eigenvalue weighted by molar-refractivity contribution is 6.05. The number of amides is 5. The fourth-order valence-electron chi connectivity index (χ4n) is 10.4. The number of benzene rings is 2. The van der Waals surface area contributed by atoms with Crippen molar-refractivity contribution >= 4 is 40.9 Å². The second kappa shape index (κ2) is 15.3. The van der Waals surface area contributed by atoms with Crippen molar-refractivity contribution in [3.63, 3.8) is 0 Å². The summed E-state index contributed by atoms with van der Waals surface area (Å²) in [6.45, 7) is 6.93. The van der Waals surface area contributed by atoms with E-state index in [4.69, 9.17) is 0 Å². The number of carbonyl (C=O) groups excluding carboxylic acids is 4. The van der Waals surface area contributed by atoms with Gasteiger partial charge in [-0.05, 0) is 74.9 Å². The van der Waals surface area contributed by atoms with Crippen LogP contribution in [0.5, 0.6) is 5.75 Å². The number of phenolic OH excluding ortho intramolecular Hbond substituents is 1. The van der Waals surface area contributed by atoms with Crippen LogP contribution in [0, 0.1) is 11.7 Å². The number of carbonyl (C=O) groups is 4. The number of alkyl halides is 3. The molecule has 3 aromatic rings. The fourth-order valence-corrected chi connectivity index (χ4v) is 10.4. The zero-order chi connectivity index (χ0) is 43.0. The number of imide groups is 1. The number of nitrogens with zero attached hydrogens (tertiary/aromatic N) is 8. The first-order valence-electron chi connectivity index (χ1n) is 20.9. The van der Waals surface area contributed by atoms with Gasteiger partial charge in [-0.15, -0.1) is 10.2 Å². The van der Waals surface area contributed by atoms with E-state index in [0.29, 0.717) is 31.4 Å². The molecule has 19 heteroatoms. The Morgan fingerprint density at radius 3 is 2.43 bits per heavy atom. The molecule has 2 unspecified atom stereocenters. The molecule has 0 bridgehead atoms. The van der Waals surface area contributed by atoms with E-state index in [0.717, 1.165) is 50.0 Å². The summed E-state index contributed by atoms with van der Waals surface area (Å²) in [4.78, 5) is 62.3. The molecule has 4 saturated heterocycles. The number of aromatic hydroxyl groups is 1. The molecule has 0 aliphatic carbocycles. The van der Waals surface area contributed by atoms with Crippen LogP contribution in [0.25, 0.3) is 11.3 Å². The van der Waals surface area contributed by atoms with Gasteiger partial charge in [-0.1, -0.05) is 12.1 Å².